The van der Waals surface area contributed by atoms with Gasteiger partial charge in [0.15, 0.2) is 0 Å². The van der Waals surface area contributed by atoms with Crippen molar-refractivity contribution in [2.45, 2.75) is 12.5 Å². The predicted molar refractivity (Wildman–Crippen MR) is 132 cm³/mol. The number of hydrogen-bond donors (Lipinski definition) is 0. The van der Waals surface area contributed by atoms with Gasteiger partial charge in [-0.25, -0.2) is 0 Å². The highest BCUT2D eigenvalue weighted by Crippen LogP contribution is 2.40. The molecule has 1 unspecified atom stereocenters. The van der Waals surface area contributed by atoms with Crippen LogP contribution in [0.1, 0.15) is 23.6 Å². The Morgan fingerprint density at radius 2 is 1.42 bits per heavy atom. The number of hydrazone groups is 1. The lowest BCUT2D eigenvalue weighted by atomic mass is 9.99. The maximum Gasteiger partial charge on any atom is 0.129 e. The molecule has 1 atom stereocenters. The van der Waals surface area contributed by atoms with Gasteiger partial charge in [-0.15, -0.1) is 0 Å². The van der Waals surface area contributed by atoms with Gasteiger partial charge in [0.05, 0.1) is 45.9 Å². The van der Waals surface area contributed by atoms with E-state index in [0.29, 0.717) is 0 Å². The van der Waals surface area contributed by atoms with Crippen LogP contribution < -0.4 is 24.0 Å². The van der Waals surface area contributed by atoms with Crippen molar-refractivity contribution in [3.63, 3.8) is 0 Å². The Hall–Kier alpha value is -3.93. The lowest BCUT2D eigenvalue weighted by Gasteiger charge is -2.25. The number of ether oxygens (including phenoxy) is 4. The van der Waals surface area contributed by atoms with E-state index in [4.69, 9.17) is 24.0 Å². The summed E-state index contributed by atoms with van der Waals surface area (Å²) in [6.45, 7) is 0. The van der Waals surface area contributed by atoms with Crippen molar-refractivity contribution < 1.29 is 18.9 Å². The molecule has 3 aromatic rings. The van der Waals surface area contributed by atoms with E-state index in [1.54, 1.807) is 28.4 Å². The van der Waals surface area contributed by atoms with E-state index in [-0.39, 0.29) is 6.04 Å². The van der Waals surface area contributed by atoms with E-state index in [1.807, 2.05) is 66.7 Å². The van der Waals surface area contributed by atoms with Crippen LogP contribution in [0.25, 0.3) is 6.08 Å². The molecule has 0 saturated heterocycles. The second-order valence-electron chi connectivity index (χ2n) is 7.54. The summed E-state index contributed by atoms with van der Waals surface area (Å²) >= 11 is 0. The zero-order chi connectivity index (χ0) is 23.2. The molecule has 6 nitrogen and oxygen atoms in total. The van der Waals surface area contributed by atoms with Gasteiger partial charge in [0.25, 0.3) is 0 Å². The van der Waals surface area contributed by atoms with Crippen LogP contribution in [0.5, 0.6) is 23.0 Å². The molecule has 1 aliphatic heterocycles. The molecule has 0 fully saturated rings. The van der Waals surface area contributed by atoms with Crippen LogP contribution in [-0.4, -0.2) is 34.2 Å². The Kier molecular flexibility index (Phi) is 6.83. The second kappa shape index (κ2) is 10.1. The maximum absolute atomic E-state index is 5.70. The first kappa shape index (κ1) is 22.3. The van der Waals surface area contributed by atoms with Gasteiger partial charge in [-0.3, -0.25) is 5.01 Å². The highest BCUT2D eigenvalue weighted by Gasteiger charge is 2.30. The van der Waals surface area contributed by atoms with Gasteiger partial charge >= 0.3 is 0 Å². The number of allylic oxidation sites excluding steroid dienone is 1. The SMILES string of the molecule is COc1ccc(C=CC2=NN(c3ccccc3)C(c3ccc(OC)cc3OC)C2)c(OC)c1. The monoisotopic (exact) mass is 444 g/mol. The number of methoxy groups -OCH3 is 4. The fourth-order valence-electron chi connectivity index (χ4n) is 3.93. The molecule has 33 heavy (non-hydrogen) atoms. The van der Waals surface area contributed by atoms with E-state index in [2.05, 4.69) is 17.1 Å². The minimum Gasteiger partial charge on any atom is -0.497 e. The number of benzene rings is 3. The van der Waals surface area contributed by atoms with Crippen LogP contribution in [0, 0.1) is 0 Å². The lowest BCUT2D eigenvalue weighted by Crippen LogP contribution is -2.19. The van der Waals surface area contributed by atoms with Gasteiger partial charge in [-0.2, -0.15) is 5.10 Å². The first-order chi connectivity index (χ1) is 16.2. The Balaban J connectivity index is 1.68. The van der Waals surface area contributed by atoms with Gasteiger partial charge in [-0.05, 0) is 48.6 Å². The van der Waals surface area contributed by atoms with Crippen molar-refractivity contribution in [3.05, 3.63) is 83.9 Å². The Bertz CT molecular complexity index is 1160. The summed E-state index contributed by atoms with van der Waals surface area (Å²) in [7, 11) is 6.63. The summed E-state index contributed by atoms with van der Waals surface area (Å²) in [5.41, 5.74) is 3.99. The largest absolute Gasteiger partial charge is 0.497 e. The molecule has 0 amide bonds. The third kappa shape index (κ3) is 4.80. The fourth-order valence-corrected chi connectivity index (χ4v) is 3.93. The van der Waals surface area contributed by atoms with Crippen molar-refractivity contribution in [2.75, 3.05) is 33.4 Å². The minimum absolute atomic E-state index is 0.00864. The van der Waals surface area contributed by atoms with Gasteiger partial charge in [0.1, 0.15) is 23.0 Å². The molecule has 1 heterocycles. The summed E-state index contributed by atoms with van der Waals surface area (Å²) in [5, 5.41) is 7.00. The standard InChI is InChI=1S/C27H28N2O4/c1-30-22-13-11-19(26(17-22)32-3)10-12-20-16-25(29(28-20)21-8-6-5-7-9-21)24-15-14-23(31-2)18-27(24)33-4/h5-15,17-18,25H,16H2,1-4H3. The second-order valence-corrected chi connectivity index (χ2v) is 7.54. The van der Waals surface area contributed by atoms with Gasteiger partial charge in [-0.1, -0.05) is 18.2 Å². The van der Waals surface area contributed by atoms with Gasteiger partial charge < -0.3 is 18.9 Å². The first-order valence-electron chi connectivity index (χ1n) is 10.7. The summed E-state index contributed by atoms with van der Waals surface area (Å²) in [6.07, 6.45) is 4.79. The molecule has 0 saturated carbocycles. The smallest absolute Gasteiger partial charge is 0.129 e. The number of para-hydroxylation sites is 1. The number of rotatable bonds is 8. The van der Waals surface area contributed by atoms with Crippen molar-refractivity contribution in [1.29, 1.82) is 0 Å². The van der Waals surface area contributed by atoms with Crippen molar-refractivity contribution >= 4 is 17.5 Å². The van der Waals surface area contributed by atoms with Gasteiger partial charge in [0, 0.05) is 29.7 Å². The van der Waals surface area contributed by atoms with Crippen LogP contribution >= 0.6 is 0 Å². The van der Waals surface area contributed by atoms with Crippen LogP contribution in [0.15, 0.2) is 77.9 Å². The lowest BCUT2D eigenvalue weighted by molar-refractivity contribution is 0.388. The highest BCUT2D eigenvalue weighted by molar-refractivity contribution is 6.01. The normalized spacial score (nSPS) is 15.5. The van der Waals surface area contributed by atoms with E-state index in [1.165, 1.54) is 0 Å². The van der Waals surface area contributed by atoms with Crippen molar-refractivity contribution in [1.82, 2.24) is 0 Å². The summed E-state index contributed by atoms with van der Waals surface area (Å²) < 4.78 is 21.9. The molecule has 1 aliphatic rings. The Morgan fingerprint density at radius 3 is 2.09 bits per heavy atom. The number of anilines is 1. The van der Waals surface area contributed by atoms with E-state index in [0.717, 1.165) is 51.9 Å². The van der Waals surface area contributed by atoms with Crippen LogP contribution in [0.4, 0.5) is 5.69 Å². The summed E-state index contributed by atoms with van der Waals surface area (Å²) in [4.78, 5) is 0. The zero-order valence-corrected chi connectivity index (χ0v) is 19.3. The molecule has 0 spiro atoms. The fraction of sp³-hybridized carbons (Fsp3) is 0.222. The van der Waals surface area contributed by atoms with Crippen LogP contribution in [0.2, 0.25) is 0 Å². The molecule has 170 valence electrons. The average Bonchev–Trinajstić information content (AvgIpc) is 3.31. The quantitative estimate of drug-likeness (QED) is 0.443. The summed E-state index contributed by atoms with van der Waals surface area (Å²) in [5.74, 6) is 3.03. The molecular weight excluding hydrogens is 416 g/mol. The maximum atomic E-state index is 5.70. The molecule has 0 bridgehead atoms. The highest BCUT2D eigenvalue weighted by atomic mass is 16.5. The molecule has 0 N–H and O–H groups in total. The first-order valence-corrected chi connectivity index (χ1v) is 10.7. The topological polar surface area (TPSA) is 52.5 Å². The molecule has 6 heteroatoms. The zero-order valence-electron chi connectivity index (χ0n) is 19.3. The third-order valence-corrected chi connectivity index (χ3v) is 5.65. The van der Waals surface area contributed by atoms with Crippen LogP contribution in [0.3, 0.4) is 0 Å². The number of hydrogen-bond acceptors (Lipinski definition) is 6. The predicted octanol–water partition coefficient (Wildman–Crippen LogP) is 5.74. The summed E-state index contributed by atoms with van der Waals surface area (Å²) in [6, 6.07) is 21.8. The van der Waals surface area contributed by atoms with Gasteiger partial charge in [0.2, 0.25) is 0 Å². The van der Waals surface area contributed by atoms with E-state index >= 15 is 0 Å². The molecule has 0 aromatic heterocycles. The molecule has 4 rings (SSSR count). The van der Waals surface area contributed by atoms with E-state index < -0.39 is 0 Å². The molecular formula is C27H28N2O4. The number of nitrogens with zero attached hydrogens (tertiary/aromatic N) is 2. The molecule has 0 radical (unpaired) electrons. The van der Waals surface area contributed by atoms with Crippen molar-refractivity contribution in [3.8, 4) is 23.0 Å². The van der Waals surface area contributed by atoms with Crippen molar-refractivity contribution in [2.24, 2.45) is 5.10 Å². The van der Waals surface area contributed by atoms with E-state index in [9.17, 15) is 0 Å². The van der Waals surface area contributed by atoms with Crippen LogP contribution in [-0.2, 0) is 0 Å². The Labute approximate surface area is 194 Å². The Morgan fingerprint density at radius 1 is 0.758 bits per heavy atom. The third-order valence-electron chi connectivity index (χ3n) is 5.65. The molecule has 3 aromatic carbocycles. The minimum atomic E-state index is -0.00864. The average molecular weight is 445 g/mol. The molecule has 0 aliphatic carbocycles.